The van der Waals surface area contributed by atoms with Crippen molar-refractivity contribution in [3.05, 3.63) is 71.4 Å². The van der Waals surface area contributed by atoms with Gasteiger partial charge in [0.2, 0.25) is 5.91 Å². The van der Waals surface area contributed by atoms with E-state index in [0.29, 0.717) is 49.5 Å². The van der Waals surface area contributed by atoms with Crippen molar-refractivity contribution in [3.63, 3.8) is 0 Å². The van der Waals surface area contributed by atoms with Crippen molar-refractivity contribution in [2.24, 2.45) is 17.3 Å². The number of para-hydroxylation sites is 1. The van der Waals surface area contributed by atoms with Crippen LogP contribution in [0.3, 0.4) is 0 Å². The van der Waals surface area contributed by atoms with Crippen molar-refractivity contribution in [2.45, 2.75) is 70.3 Å². The summed E-state index contributed by atoms with van der Waals surface area (Å²) in [5, 5.41) is 12.3. The Labute approximate surface area is 273 Å². The highest BCUT2D eigenvalue weighted by Gasteiger charge is 2.61. The van der Waals surface area contributed by atoms with Crippen LogP contribution in [0.25, 0.3) is 10.9 Å². The van der Waals surface area contributed by atoms with E-state index in [4.69, 9.17) is 6.42 Å². The van der Waals surface area contributed by atoms with Gasteiger partial charge in [0.05, 0.1) is 5.52 Å². The van der Waals surface area contributed by atoms with Gasteiger partial charge >= 0.3 is 0 Å². The summed E-state index contributed by atoms with van der Waals surface area (Å²) in [7, 11) is 0. The molecule has 5 atom stereocenters. The van der Waals surface area contributed by atoms with Gasteiger partial charge < -0.3 is 19.8 Å². The normalized spacial score (nSPS) is 28.6. The van der Waals surface area contributed by atoms with Crippen molar-refractivity contribution in [2.75, 3.05) is 44.2 Å². The summed E-state index contributed by atoms with van der Waals surface area (Å²) in [6.07, 6.45) is 12.7. The number of piperazine rings is 1. The van der Waals surface area contributed by atoms with Crippen molar-refractivity contribution in [1.29, 1.82) is 0 Å². The maximum Gasteiger partial charge on any atom is 0.272 e. The zero-order valence-electron chi connectivity index (χ0n) is 27.3. The first kappa shape index (κ1) is 30.7. The lowest BCUT2D eigenvalue weighted by molar-refractivity contribution is -0.132. The summed E-state index contributed by atoms with van der Waals surface area (Å²) in [5.41, 5.74) is 4.18. The quantitative estimate of drug-likeness (QED) is 0.361. The second kappa shape index (κ2) is 12.0. The van der Waals surface area contributed by atoms with Crippen LogP contribution in [-0.4, -0.2) is 76.6 Å². The number of pyridine rings is 1. The van der Waals surface area contributed by atoms with E-state index in [0.717, 1.165) is 56.1 Å². The molecule has 2 aromatic carbocycles. The number of terminal acetylenes is 1. The molecule has 3 fully saturated rings. The first-order valence-electron chi connectivity index (χ1n) is 17.3. The zero-order chi connectivity index (χ0) is 32.1. The third-order valence-corrected chi connectivity index (χ3v) is 12.0. The lowest BCUT2D eigenvalue weighted by atomic mass is 9.53. The van der Waals surface area contributed by atoms with Gasteiger partial charge in [-0.3, -0.25) is 9.59 Å². The molecule has 0 bridgehead atoms. The number of benzene rings is 2. The van der Waals surface area contributed by atoms with Gasteiger partial charge in [0.25, 0.3) is 5.91 Å². The van der Waals surface area contributed by atoms with Crippen molar-refractivity contribution < 1.29 is 14.7 Å². The largest absolute Gasteiger partial charge is 0.377 e. The monoisotopic (exact) mass is 618 g/mol. The van der Waals surface area contributed by atoms with Crippen LogP contribution in [0.2, 0.25) is 0 Å². The molecular formula is C39H46N4O3. The van der Waals surface area contributed by atoms with E-state index in [-0.39, 0.29) is 23.8 Å². The number of hydrogen-bond donors (Lipinski definition) is 1. The summed E-state index contributed by atoms with van der Waals surface area (Å²) in [6.45, 7) is 7.65. The molecule has 7 nitrogen and oxygen atoms in total. The highest BCUT2D eigenvalue weighted by atomic mass is 16.3. The van der Waals surface area contributed by atoms with Crippen molar-refractivity contribution >= 4 is 28.4 Å². The Balaban J connectivity index is 1.000. The Kier molecular flexibility index (Phi) is 8.05. The Hall–Kier alpha value is -3.89. The van der Waals surface area contributed by atoms with Crippen LogP contribution in [0.5, 0.6) is 0 Å². The van der Waals surface area contributed by atoms with Gasteiger partial charge in [-0.05, 0) is 98.1 Å². The fourth-order valence-electron chi connectivity index (χ4n) is 9.35. The minimum absolute atomic E-state index is 0.00994. The lowest BCUT2D eigenvalue weighted by Crippen LogP contribution is -2.52. The molecule has 0 radical (unpaired) electrons. The smallest absolute Gasteiger partial charge is 0.272 e. The summed E-state index contributed by atoms with van der Waals surface area (Å²) in [4.78, 5) is 37.5. The number of fused-ring (bicyclic) bond motifs is 6. The molecule has 1 aromatic heterocycles. The number of aryl methyl sites for hydroxylation is 1. The average Bonchev–Trinajstić information content (AvgIpc) is 3.37. The molecule has 4 aliphatic rings. The first-order chi connectivity index (χ1) is 22.2. The molecule has 3 aromatic rings. The van der Waals surface area contributed by atoms with Gasteiger partial charge in [-0.15, -0.1) is 6.42 Å². The summed E-state index contributed by atoms with van der Waals surface area (Å²) in [6, 6.07) is 18.4. The highest BCUT2D eigenvalue weighted by molar-refractivity contribution is 5.97. The Morgan fingerprint density at radius 1 is 1.04 bits per heavy atom. The molecule has 1 N–H and O–H groups in total. The minimum Gasteiger partial charge on any atom is -0.377 e. The minimum atomic E-state index is -0.976. The van der Waals surface area contributed by atoms with Crippen LogP contribution < -0.4 is 4.90 Å². The van der Waals surface area contributed by atoms with Crippen LogP contribution in [0, 0.1) is 29.6 Å². The number of aliphatic hydroxyl groups is 1. The number of aromatic nitrogens is 1. The molecule has 2 amide bonds. The fraction of sp³-hybridized carbons (Fsp3) is 0.513. The predicted octanol–water partition coefficient (Wildman–Crippen LogP) is 5.66. The van der Waals surface area contributed by atoms with Gasteiger partial charge in [0.1, 0.15) is 17.8 Å². The molecular weight excluding hydrogens is 572 g/mol. The molecule has 3 aliphatic carbocycles. The standard InChI is InChI=1S/C39H46N4O3/c1-4-20-43(37(45)35-15-12-28-8-6-7-9-34(28)40-35)26-36(44)42-23-21-41(22-24-42)29-13-10-27-11-14-31-30(32(27)25-29)16-18-38(3)33(31)17-19-39(38,46)5-2/h2,6-10,12-13,15,25,30-31,33,46H,4,11,14,16-24,26H2,1,3H3/t30?,31-,33?,38+,39+/m1/s1. The second-order valence-corrected chi connectivity index (χ2v) is 14.3. The lowest BCUT2D eigenvalue weighted by Gasteiger charge is -2.52. The molecule has 1 aliphatic heterocycles. The molecule has 2 saturated carbocycles. The fourth-order valence-corrected chi connectivity index (χ4v) is 9.35. The number of rotatable bonds is 6. The van der Waals surface area contributed by atoms with Crippen LogP contribution >= 0.6 is 0 Å². The molecule has 7 heteroatoms. The van der Waals surface area contributed by atoms with Gasteiger partial charge in [-0.1, -0.05) is 50.1 Å². The summed E-state index contributed by atoms with van der Waals surface area (Å²) in [5.74, 6) is 4.14. The van der Waals surface area contributed by atoms with Crippen LogP contribution in [-0.2, 0) is 11.2 Å². The van der Waals surface area contributed by atoms with Gasteiger partial charge in [0.15, 0.2) is 0 Å². The maximum absolute atomic E-state index is 13.5. The number of nitrogens with zero attached hydrogens (tertiary/aromatic N) is 4. The molecule has 7 rings (SSSR count). The zero-order valence-corrected chi connectivity index (χ0v) is 27.3. The third kappa shape index (κ3) is 5.15. The number of carbonyl (C=O) groups is 2. The van der Waals surface area contributed by atoms with Crippen LogP contribution in [0.1, 0.15) is 79.9 Å². The van der Waals surface area contributed by atoms with E-state index in [9.17, 15) is 14.7 Å². The van der Waals surface area contributed by atoms with E-state index >= 15 is 0 Å². The Bertz CT molecular complexity index is 1690. The molecule has 0 spiro atoms. The molecule has 2 unspecified atom stereocenters. The predicted molar refractivity (Wildman–Crippen MR) is 182 cm³/mol. The topological polar surface area (TPSA) is 77.0 Å². The third-order valence-electron chi connectivity index (χ3n) is 12.0. The SMILES string of the molecule is C#C[C@]1(O)CCC2[C@@H]3CCc4ccc(N5CCN(C(=O)CN(CCC)C(=O)c6ccc7ccccc7n6)CC5)cc4C3CC[C@@]21C. The van der Waals surface area contributed by atoms with Gasteiger partial charge in [-0.25, -0.2) is 4.98 Å². The van der Waals surface area contributed by atoms with Crippen molar-refractivity contribution in [3.8, 4) is 12.3 Å². The number of anilines is 1. The van der Waals surface area contributed by atoms with E-state index < -0.39 is 5.60 Å². The van der Waals surface area contributed by atoms with E-state index in [1.54, 1.807) is 11.0 Å². The average molecular weight is 619 g/mol. The Morgan fingerprint density at radius 2 is 1.85 bits per heavy atom. The number of hydrogen-bond acceptors (Lipinski definition) is 5. The number of carbonyl (C=O) groups excluding carboxylic acids is 2. The van der Waals surface area contributed by atoms with Gasteiger partial charge in [0, 0.05) is 49.2 Å². The van der Waals surface area contributed by atoms with Gasteiger partial charge in [-0.2, -0.15) is 0 Å². The maximum atomic E-state index is 13.5. The van der Waals surface area contributed by atoms with Crippen LogP contribution in [0.4, 0.5) is 5.69 Å². The highest BCUT2D eigenvalue weighted by Crippen LogP contribution is 2.64. The molecule has 1 saturated heterocycles. The van der Waals surface area contributed by atoms with Crippen molar-refractivity contribution in [1.82, 2.24) is 14.8 Å². The first-order valence-corrected chi connectivity index (χ1v) is 17.3. The Morgan fingerprint density at radius 3 is 2.63 bits per heavy atom. The molecule has 46 heavy (non-hydrogen) atoms. The van der Waals surface area contributed by atoms with Crippen LogP contribution in [0.15, 0.2) is 54.6 Å². The second-order valence-electron chi connectivity index (χ2n) is 14.3. The summed E-state index contributed by atoms with van der Waals surface area (Å²) >= 11 is 0. The molecule has 240 valence electrons. The molecule has 2 heterocycles. The van der Waals surface area contributed by atoms with E-state index in [2.05, 4.69) is 40.9 Å². The van der Waals surface area contributed by atoms with E-state index in [1.807, 2.05) is 42.2 Å². The van der Waals surface area contributed by atoms with E-state index in [1.165, 1.54) is 23.2 Å². The summed E-state index contributed by atoms with van der Waals surface area (Å²) < 4.78 is 0. The number of amides is 2.